The molecule has 10 nitrogen and oxygen atoms in total. The molecule has 0 aliphatic carbocycles. The minimum absolute atomic E-state index is 0.0337. The van der Waals surface area contributed by atoms with E-state index in [2.05, 4.69) is 0 Å². The third-order valence-electron chi connectivity index (χ3n) is 4.96. The Balaban J connectivity index is 1.30. The number of fused-ring (bicyclic) bond motifs is 2. The van der Waals surface area contributed by atoms with Crippen LogP contribution in [0.3, 0.4) is 0 Å². The van der Waals surface area contributed by atoms with Gasteiger partial charge in [-0.3, -0.25) is 14.3 Å². The Bertz CT molecular complexity index is 1050. The summed E-state index contributed by atoms with van der Waals surface area (Å²) in [4.78, 5) is 9.91. The molecule has 2 aliphatic heterocycles. The van der Waals surface area contributed by atoms with E-state index in [0.717, 1.165) is 54.0 Å². The van der Waals surface area contributed by atoms with Crippen LogP contribution in [-0.4, -0.2) is 46.6 Å². The molecule has 2 aliphatic rings. The van der Waals surface area contributed by atoms with Crippen LogP contribution in [0.15, 0.2) is 41.3 Å². The Hall–Kier alpha value is -2.73. The molecular weight excluding hydrogens is 430 g/mol. The maximum atomic E-state index is 12.2. The lowest BCUT2D eigenvalue weighted by atomic mass is 9.99. The van der Waals surface area contributed by atoms with E-state index in [1.165, 1.54) is 0 Å². The smallest absolute Gasteiger partial charge is 0.297 e. The fourth-order valence-corrected chi connectivity index (χ4v) is 4.32. The molecule has 31 heavy (non-hydrogen) atoms. The van der Waals surface area contributed by atoms with Crippen LogP contribution in [0.4, 0.5) is 5.69 Å². The second kappa shape index (κ2) is 9.18. The van der Waals surface area contributed by atoms with E-state index in [9.17, 15) is 18.5 Å². The molecule has 4 rings (SSSR count). The molecular formula is C20H21NO9S. The number of nitrogens with zero attached hydrogens (tertiary/aromatic N) is 1. The third kappa shape index (κ3) is 4.96. The Morgan fingerprint density at radius 3 is 2.58 bits per heavy atom. The average molecular weight is 451 g/mol. The molecule has 2 aromatic carbocycles. The minimum Gasteiger partial charge on any atom is -0.454 e. The number of hydrogen-bond donors (Lipinski definition) is 0. The summed E-state index contributed by atoms with van der Waals surface area (Å²) in [6, 6.07) is 8.37. The molecule has 2 heterocycles. The summed E-state index contributed by atoms with van der Waals surface area (Å²) in [5, 5.41) is 10.7. The summed E-state index contributed by atoms with van der Waals surface area (Å²) in [7, 11) is -4.03. The van der Waals surface area contributed by atoms with Crippen molar-refractivity contribution in [3.63, 3.8) is 0 Å². The average Bonchev–Trinajstić information content (AvgIpc) is 3.12. The summed E-state index contributed by atoms with van der Waals surface area (Å²) in [5.74, 6) is 1.40. The van der Waals surface area contributed by atoms with Crippen LogP contribution in [0.25, 0.3) is 0 Å². The number of ether oxygens (including phenoxy) is 4. The molecule has 0 spiro atoms. The number of non-ortho nitro benzene ring substituents is 1. The number of nitro benzene ring substituents is 1. The van der Waals surface area contributed by atoms with E-state index in [0.29, 0.717) is 12.4 Å². The Morgan fingerprint density at radius 2 is 1.84 bits per heavy atom. The predicted molar refractivity (Wildman–Crippen MR) is 107 cm³/mol. The van der Waals surface area contributed by atoms with Gasteiger partial charge in [0.05, 0.1) is 29.6 Å². The molecule has 0 N–H and O–H groups in total. The molecule has 0 bridgehead atoms. The highest BCUT2D eigenvalue weighted by Crippen LogP contribution is 2.39. The van der Waals surface area contributed by atoms with Crippen LogP contribution >= 0.6 is 0 Å². The quantitative estimate of drug-likeness (QED) is 0.258. The van der Waals surface area contributed by atoms with Gasteiger partial charge in [0, 0.05) is 18.7 Å². The molecule has 0 saturated heterocycles. The van der Waals surface area contributed by atoms with Gasteiger partial charge in [0.25, 0.3) is 15.8 Å². The number of aryl methyl sites for hydroxylation is 1. The monoisotopic (exact) mass is 451 g/mol. The lowest BCUT2D eigenvalue weighted by molar-refractivity contribution is -0.384. The van der Waals surface area contributed by atoms with Crippen LogP contribution in [-0.2, 0) is 30.2 Å². The summed E-state index contributed by atoms with van der Waals surface area (Å²) in [6.07, 6.45) is 1.43. The predicted octanol–water partition coefficient (Wildman–Crippen LogP) is 2.75. The molecule has 0 aromatic heterocycles. The van der Waals surface area contributed by atoms with E-state index < -0.39 is 15.0 Å². The van der Waals surface area contributed by atoms with Crippen LogP contribution in [0, 0.1) is 10.1 Å². The van der Waals surface area contributed by atoms with Crippen molar-refractivity contribution in [1.82, 2.24) is 0 Å². The fraction of sp³-hybridized carbons (Fsp3) is 0.400. The number of hydrogen-bond acceptors (Lipinski definition) is 9. The maximum absolute atomic E-state index is 12.2. The first kappa shape index (κ1) is 21.5. The highest BCUT2D eigenvalue weighted by atomic mass is 32.2. The fourth-order valence-electron chi connectivity index (χ4n) is 3.43. The van der Waals surface area contributed by atoms with Crippen molar-refractivity contribution in [3.8, 4) is 11.5 Å². The largest absolute Gasteiger partial charge is 0.454 e. The third-order valence-corrected chi connectivity index (χ3v) is 6.29. The molecule has 166 valence electrons. The van der Waals surface area contributed by atoms with Crippen molar-refractivity contribution < 1.29 is 36.5 Å². The van der Waals surface area contributed by atoms with Crippen LogP contribution < -0.4 is 9.47 Å². The first-order valence-corrected chi connectivity index (χ1v) is 11.1. The van der Waals surface area contributed by atoms with Crippen molar-refractivity contribution >= 4 is 15.8 Å². The van der Waals surface area contributed by atoms with Gasteiger partial charge in [-0.05, 0) is 48.2 Å². The molecule has 0 radical (unpaired) electrons. The van der Waals surface area contributed by atoms with Gasteiger partial charge in [-0.2, -0.15) is 8.42 Å². The molecule has 0 fully saturated rings. The second-order valence-electron chi connectivity index (χ2n) is 6.97. The van der Waals surface area contributed by atoms with Gasteiger partial charge < -0.3 is 18.9 Å². The highest BCUT2D eigenvalue weighted by Gasteiger charge is 2.25. The summed E-state index contributed by atoms with van der Waals surface area (Å²) in [6.45, 7) is 0.848. The lowest BCUT2D eigenvalue weighted by Gasteiger charge is -2.18. The standard InChI is InChI=1S/C20H21NO9S/c22-21(23)15-3-5-16(6-4-15)31(24,25)30-9-8-26-12-20-17-11-19-18(28-13-29-19)10-14(17)2-1-7-27-20/h3-6,10-11,20H,1-2,7-9,12-13H2. The molecule has 11 heteroatoms. The first-order chi connectivity index (χ1) is 14.9. The van der Waals surface area contributed by atoms with Gasteiger partial charge in [0.15, 0.2) is 11.5 Å². The Morgan fingerprint density at radius 1 is 1.10 bits per heavy atom. The van der Waals surface area contributed by atoms with Gasteiger partial charge in [0.2, 0.25) is 6.79 Å². The van der Waals surface area contributed by atoms with E-state index in [1.54, 1.807) is 0 Å². The number of nitro groups is 1. The normalized spacial score (nSPS) is 17.7. The number of rotatable bonds is 8. The van der Waals surface area contributed by atoms with Crippen molar-refractivity contribution in [2.45, 2.75) is 23.8 Å². The van der Waals surface area contributed by atoms with E-state index in [-0.39, 0.29) is 43.3 Å². The van der Waals surface area contributed by atoms with Gasteiger partial charge >= 0.3 is 0 Å². The van der Waals surface area contributed by atoms with Crippen molar-refractivity contribution in [3.05, 3.63) is 57.6 Å². The Kier molecular flexibility index (Phi) is 6.37. The van der Waals surface area contributed by atoms with E-state index >= 15 is 0 Å². The molecule has 2 aromatic rings. The zero-order valence-electron chi connectivity index (χ0n) is 16.5. The molecule has 1 atom stereocenters. The van der Waals surface area contributed by atoms with Crippen molar-refractivity contribution in [2.75, 3.05) is 33.2 Å². The van der Waals surface area contributed by atoms with Gasteiger partial charge in [0.1, 0.15) is 6.10 Å². The Labute approximate surface area is 178 Å². The zero-order valence-corrected chi connectivity index (χ0v) is 17.3. The van der Waals surface area contributed by atoms with Gasteiger partial charge in [-0.15, -0.1) is 0 Å². The summed E-state index contributed by atoms with van der Waals surface area (Å²) >= 11 is 0. The summed E-state index contributed by atoms with van der Waals surface area (Å²) < 4.78 is 51.8. The van der Waals surface area contributed by atoms with E-state index in [1.807, 2.05) is 12.1 Å². The molecule has 1 unspecified atom stereocenters. The molecule has 0 amide bonds. The van der Waals surface area contributed by atoms with Crippen LogP contribution in [0.2, 0.25) is 0 Å². The highest BCUT2D eigenvalue weighted by molar-refractivity contribution is 7.86. The second-order valence-corrected chi connectivity index (χ2v) is 8.58. The first-order valence-electron chi connectivity index (χ1n) is 9.70. The molecule has 0 saturated carbocycles. The maximum Gasteiger partial charge on any atom is 0.297 e. The minimum atomic E-state index is -4.03. The van der Waals surface area contributed by atoms with Crippen molar-refractivity contribution in [1.29, 1.82) is 0 Å². The van der Waals surface area contributed by atoms with Crippen LogP contribution in [0.1, 0.15) is 23.7 Å². The SMILES string of the molecule is O=[N+]([O-])c1ccc(S(=O)(=O)OCCOCC2OCCCc3cc4c(cc32)OCO4)cc1. The van der Waals surface area contributed by atoms with Crippen molar-refractivity contribution in [2.24, 2.45) is 0 Å². The summed E-state index contributed by atoms with van der Waals surface area (Å²) in [5.41, 5.74) is 1.89. The zero-order chi connectivity index (χ0) is 21.8. The number of benzene rings is 2. The topological polar surface area (TPSA) is 123 Å². The van der Waals surface area contributed by atoms with Gasteiger partial charge in [-0.25, -0.2) is 0 Å². The van der Waals surface area contributed by atoms with E-state index in [4.69, 9.17) is 23.1 Å². The van der Waals surface area contributed by atoms with Gasteiger partial charge in [-0.1, -0.05) is 0 Å². The lowest BCUT2D eigenvalue weighted by Crippen LogP contribution is -2.16. The van der Waals surface area contributed by atoms with Crippen LogP contribution in [0.5, 0.6) is 11.5 Å².